The zero-order chi connectivity index (χ0) is 19.4. The summed E-state index contributed by atoms with van der Waals surface area (Å²) in [5.41, 5.74) is 0.758. The molecule has 0 heterocycles. The Morgan fingerprint density at radius 1 is 1.04 bits per heavy atom. The van der Waals surface area contributed by atoms with Crippen LogP contribution in [0, 0.1) is 46.3 Å². The van der Waals surface area contributed by atoms with E-state index in [4.69, 9.17) is 5.11 Å². The van der Waals surface area contributed by atoms with Crippen molar-refractivity contribution in [1.82, 2.24) is 0 Å². The van der Waals surface area contributed by atoms with Crippen LogP contribution in [0.1, 0.15) is 91.4 Å². The third-order valence-corrected chi connectivity index (χ3v) is 10.2. The first-order valence-corrected chi connectivity index (χ1v) is 11.7. The van der Waals surface area contributed by atoms with E-state index in [1.54, 1.807) is 0 Å². The number of fused-ring (bicyclic) bond motifs is 5. The Bertz CT molecular complexity index is 574. The molecule has 4 aliphatic rings. The van der Waals surface area contributed by atoms with Crippen LogP contribution in [0.3, 0.4) is 0 Å². The molecule has 4 saturated carbocycles. The molecule has 0 saturated heterocycles. The molecule has 4 rings (SSSR count). The first-order valence-electron chi connectivity index (χ1n) is 11.7. The molecule has 3 heteroatoms. The van der Waals surface area contributed by atoms with Gasteiger partial charge in [-0.15, -0.1) is 0 Å². The Morgan fingerprint density at radius 2 is 1.78 bits per heavy atom. The van der Waals surface area contributed by atoms with Crippen molar-refractivity contribution in [3.8, 4) is 0 Å². The first-order chi connectivity index (χ1) is 12.8. The average Bonchev–Trinajstić information content (AvgIpc) is 2.97. The molecular formula is C24H40O3. The van der Waals surface area contributed by atoms with Gasteiger partial charge in [0.15, 0.2) is 0 Å². The van der Waals surface area contributed by atoms with Crippen molar-refractivity contribution in [1.29, 1.82) is 0 Å². The van der Waals surface area contributed by atoms with Gasteiger partial charge in [-0.05, 0) is 97.7 Å². The predicted molar refractivity (Wildman–Crippen MR) is 107 cm³/mol. The van der Waals surface area contributed by atoms with Crippen molar-refractivity contribution < 1.29 is 15.0 Å². The summed E-state index contributed by atoms with van der Waals surface area (Å²) in [5, 5.41) is 20.3. The molecular weight excluding hydrogens is 336 g/mol. The van der Waals surface area contributed by atoms with E-state index in [1.165, 1.54) is 51.4 Å². The molecule has 4 fully saturated rings. The number of rotatable bonds is 4. The van der Waals surface area contributed by atoms with Crippen LogP contribution >= 0.6 is 0 Å². The maximum absolute atomic E-state index is 11.2. The van der Waals surface area contributed by atoms with Gasteiger partial charge in [0.1, 0.15) is 0 Å². The second kappa shape index (κ2) is 7.04. The summed E-state index contributed by atoms with van der Waals surface area (Å²) >= 11 is 0. The predicted octanol–water partition coefficient (Wildman–Crippen LogP) is 5.51. The zero-order valence-electron chi connectivity index (χ0n) is 17.6. The van der Waals surface area contributed by atoms with Gasteiger partial charge in [0.05, 0.1) is 6.10 Å². The highest BCUT2D eigenvalue weighted by atomic mass is 16.4. The Balaban J connectivity index is 1.56. The molecule has 0 bridgehead atoms. The van der Waals surface area contributed by atoms with E-state index in [-0.39, 0.29) is 6.10 Å². The standard InChI is InChI=1S/C24H40O3/c1-15(7-10-21(26)27)17-8-9-18-22-19(11-13-24(17,18)3)23(2)12-5-4-6-16(23)14-20(22)25/h15-20,22,25H,4-14H2,1-3H3,(H,26,27)/t15?,16-,17-,18?,19+,20+,22?,23+,24+/m1/s1. The van der Waals surface area contributed by atoms with Crippen LogP contribution in [-0.4, -0.2) is 22.3 Å². The smallest absolute Gasteiger partial charge is 0.303 e. The minimum atomic E-state index is -0.663. The van der Waals surface area contributed by atoms with Gasteiger partial charge in [-0.1, -0.05) is 33.6 Å². The van der Waals surface area contributed by atoms with E-state index in [0.29, 0.717) is 46.8 Å². The van der Waals surface area contributed by atoms with Crippen molar-refractivity contribution in [3.63, 3.8) is 0 Å². The number of hydrogen-bond donors (Lipinski definition) is 2. The minimum Gasteiger partial charge on any atom is -0.481 e. The lowest BCUT2D eigenvalue weighted by atomic mass is 9.44. The van der Waals surface area contributed by atoms with Crippen LogP contribution in [-0.2, 0) is 4.79 Å². The fourth-order valence-electron chi connectivity index (χ4n) is 8.78. The van der Waals surface area contributed by atoms with Gasteiger partial charge in [0.25, 0.3) is 0 Å². The number of carboxylic acids is 1. The summed E-state index contributed by atoms with van der Waals surface area (Å²) in [6.07, 6.45) is 12.5. The molecule has 3 nitrogen and oxygen atoms in total. The van der Waals surface area contributed by atoms with Crippen molar-refractivity contribution in [2.75, 3.05) is 0 Å². The van der Waals surface area contributed by atoms with Gasteiger partial charge >= 0.3 is 5.97 Å². The monoisotopic (exact) mass is 376 g/mol. The van der Waals surface area contributed by atoms with Crippen LogP contribution in [0.5, 0.6) is 0 Å². The topological polar surface area (TPSA) is 57.5 Å². The molecule has 0 spiro atoms. The molecule has 0 amide bonds. The largest absolute Gasteiger partial charge is 0.481 e. The quantitative estimate of drug-likeness (QED) is 0.680. The number of carboxylic acid groups (broad SMARTS) is 1. The molecule has 0 aromatic rings. The number of aliphatic hydroxyl groups excluding tert-OH is 1. The lowest BCUT2D eigenvalue weighted by molar-refractivity contribution is -0.164. The minimum absolute atomic E-state index is 0.108. The summed E-state index contributed by atoms with van der Waals surface area (Å²) in [4.78, 5) is 11.0. The van der Waals surface area contributed by atoms with E-state index < -0.39 is 5.97 Å². The summed E-state index contributed by atoms with van der Waals surface area (Å²) < 4.78 is 0. The van der Waals surface area contributed by atoms with Crippen LogP contribution in [0.15, 0.2) is 0 Å². The van der Waals surface area contributed by atoms with Crippen molar-refractivity contribution >= 4 is 5.97 Å². The number of aliphatic hydroxyl groups is 1. The van der Waals surface area contributed by atoms with Gasteiger partial charge in [0, 0.05) is 6.42 Å². The zero-order valence-corrected chi connectivity index (χ0v) is 17.6. The lowest BCUT2D eigenvalue weighted by Gasteiger charge is -2.62. The van der Waals surface area contributed by atoms with E-state index in [1.807, 2.05) is 0 Å². The summed E-state index contributed by atoms with van der Waals surface area (Å²) in [7, 11) is 0. The maximum Gasteiger partial charge on any atom is 0.303 e. The molecule has 0 aromatic heterocycles. The third kappa shape index (κ3) is 3.07. The van der Waals surface area contributed by atoms with E-state index in [9.17, 15) is 9.90 Å². The highest BCUT2D eigenvalue weighted by Crippen LogP contribution is 2.68. The first kappa shape index (κ1) is 19.7. The Morgan fingerprint density at radius 3 is 2.52 bits per heavy atom. The Labute approximate surface area is 165 Å². The van der Waals surface area contributed by atoms with Crippen LogP contribution in [0.25, 0.3) is 0 Å². The highest BCUT2D eigenvalue weighted by molar-refractivity contribution is 5.66. The van der Waals surface area contributed by atoms with E-state index in [2.05, 4.69) is 20.8 Å². The van der Waals surface area contributed by atoms with Crippen molar-refractivity contribution in [2.45, 2.75) is 97.5 Å². The van der Waals surface area contributed by atoms with E-state index in [0.717, 1.165) is 18.8 Å². The van der Waals surface area contributed by atoms with Gasteiger partial charge in [-0.3, -0.25) is 4.79 Å². The van der Waals surface area contributed by atoms with Crippen molar-refractivity contribution in [2.24, 2.45) is 46.3 Å². The maximum atomic E-state index is 11.2. The molecule has 3 unspecified atom stereocenters. The highest BCUT2D eigenvalue weighted by Gasteiger charge is 2.62. The second-order valence-electron chi connectivity index (χ2n) is 11.2. The number of hydrogen-bond acceptors (Lipinski definition) is 2. The van der Waals surface area contributed by atoms with Crippen molar-refractivity contribution in [3.05, 3.63) is 0 Å². The fraction of sp³-hybridized carbons (Fsp3) is 0.958. The van der Waals surface area contributed by atoms with Gasteiger partial charge < -0.3 is 10.2 Å². The van der Waals surface area contributed by atoms with E-state index >= 15 is 0 Å². The molecule has 0 radical (unpaired) electrons. The Kier molecular flexibility index (Phi) is 5.15. The molecule has 0 aliphatic heterocycles. The van der Waals surface area contributed by atoms with Crippen LogP contribution in [0.2, 0.25) is 0 Å². The normalized spacial score (nSPS) is 50.4. The summed E-state index contributed by atoms with van der Waals surface area (Å²) in [6.45, 7) is 7.33. The van der Waals surface area contributed by atoms with Crippen LogP contribution < -0.4 is 0 Å². The third-order valence-electron chi connectivity index (χ3n) is 10.2. The van der Waals surface area contributed by atoms with Gasteiger partial charge in [-0.2, -0.15) is 0 Å². The Hall–Kier alpha value is -0.570. The molecule has 4 aliphatic carbocycles. The lowest BCUT2D eigenvalue weighted by Crippen LogP contribution is -2.57. The number of aliphatic carboxylic acids is 1. The average molecular weight is 377 g/mol. The SMILES string of the molecule is CC(CCC(=O)O)[C@H]1CCC2C3[C@@H](O)C[C@H]4CCCC[C@]4(C)[C@H]3CC[C@]21C. The number of carbonyl (C=O) groups is 1. The summed E-state index contributed by atoms with van der Waals surface area (Å²) in [6, 6.07) is 0. The molecule has 154 valence electrons. The molecule has 27 heavy (non-hydrogen) atoms. The molecule has 9 atom stereocenters. The van der Waals surface area contributed by atoms with Crippen LogP contribution in [0.4, 0.5) is 0 Å². The summed E-state index contributed by atoms with van der Waals surface area (Å²) in [5.74, 6) is 3.02. The van der Waals surface area contributed by atoms with Gasteiger partial charge in [0.2, 0.25) is 0 Å². The molecule has 0 aromatic carbocycles. The van der Waals surface area contributed by atoms with Gasteiger partial charge in [-0.25, -0.2) is 0 Å². The molecule has 2 N–H and O–H groups in total. The fourth-order valence-corrected chi connectivity index (χ4v) is 8.78. The second-order valence-corrected chi connectivity index (χ2v) is 11.2.